The van der Waals surface area contributed by atoms with Crippen molar-refractivity contribution in [3.63, 3.8) is 0 Å². The third kappa shape index (κ3) is 1.23. The number of nitrogens with zero attached hydrogens (tertiary/aromatic N) is 1. The van der Waals surface area contributed by atoms with E-state index in [9.17, 15) is 4.79 Å². The van der Waals surface area contributed by atoms with Gasteiger partial charge < -0.3 is 5.11 Å². The van der Waals surface area contributed by atoms with Gasteiger partial charge in [-0.3, -0.25) is 0 Å². The summed E-state index contributed by atoms with van der Waals surface area (Å²) in [5, 5.41) is 9.66. The summed E-state index contributed by atoms with van der Waals surface area (Å²) in [6.45, 7) is 3.85. The molecular weight excluding hydrogens is 186 g/mol. The molecule has 0 aromatic carbocycles. The maximum atomic E-state index is 10.8. The molecule has 0 saturated carbocycles. The molecule has 3 nitrogen and oxygen atoms in total. The molecule has 0 spiro atoms. The summed E-state index contributed by atoms with van der Waals surface area (Å²) in [5.41, 5.74) is 1.29. The molecule has 0 amide bonds. The van der Waals surface area contributed by atoms with Gasteiger partial charge in [-0.15, -0.1) is 0 Å². The van der Waals surface area contributed by atoms with Gasteiger partial charge in [0, 0.05) is 6.07 Å². The number of carbonyl (C=O) groups is 1. The van der Waals surface area contributed by atoms with E-state index in [-0.39, 0.29) is 0 Å². The maximum absolute atomic E-state index is 10.8. The van der Waals surface area contributed by atoms with Crippen LogP contribution in [0.4, 0.5) is 0 Å². The van der Waals surface area contributed by atoms with E-state index in [1.807, 2.05) is 10.8 Å². The second-order valence-electron chi connectivity index (χ2n) is 2.76. The van der Waals surface area contributed by atoms with Gasteiger partial charge in [0.2, 0.25) is 0 Å². The Hall–Kier alpha value is -1.29. The zero-order valence-electron chi connectivity index (χ0n) is 6.86. The highest BCUT2D eigenvalue weighted by Gasteiger charge is 2.29. The van der Waals surface area contributed by atoms with Crippen LogP contribution in [0.3, 0.4) is 0 Å². The van der Waals surface area contributed by atoms with Gasteiger partial charge in [-0.2, -0.15) is 4.57 Å². The molecule has 1 aromatic heterocycles. The Kier molecular flexibility index (Phi) is 1.84. The number of rotatable bonds is 1. The van der Waals surface area contributed by atoms with Crippen molar-refractivity contribution in [2.45, 2.75) is 5.03 Å². The van der Waals surface area contributed by atoms with Gasteiger partial charge in [0.15, 0.2) is 11.9 Å². The summed E-state index contributed by atoms with van der Waals surface area (Å²) in [5.74, 6) is -0.115. The minimum Gasteiger partial charge on any atom is -0.477 e. The first-order valence-electron chi connectivity index (χ1n) is 3.79. The third-order valence-corrected chi connectivity index (χ3v) is 3.06. The molecule has 13 heavy (non-hydrogen) atoms. The number of hydrogen-bond acceptors (Lipinski definition) is 2. The highest BCUT2D eigenvalue weighted by molar-refractivity contribution is 7.99. The topological polar surface area (TPSA) is 41.2 Å². The van der Waals surface area contributed by atoms with Crippen molar-refractivity contribution in [1.82, 2.24) is 0 Å². The summed E-state index contributed by atoms with van der Waals surface area (Å²) >= 11 is 1.51. The summed E-state index contributed by atoms with van der Waals surface area (Å²) < 4.78 is 1.83. The number of carboxylic acids is 1. The SMILES string of the molecule is C=C1CSc2c(C(=O)O)ccc[n+]21. The number of hydrogen-bond donors (Lipinski definition) is 1. The molecule has 0 fully saturated rings. The zero-order valence-corrected chi connectivity index (χ0v) is 7.67. The smallest absolute Gasteiger partial charge is 0.343 e. The fourth-order valence-electron chi connectivity index (χ4n) is 1.27. The largest absolute Gasteiger partial charge is 0.477 e. The van der Waals surface area contributed by atoms with Crippen molar-refractivity contribution in [2.24, 2.45) is 0 Å². The molecular formula is C9H8NO2S+. The number of fused-ring (bicyclic) bond motifs is 1. The monoisotopic (exact) mass is 194 g/mol. The Morgan fingerprint density at radius 3 is 3.15 bits per heavy atom. The van der Waals surface area contributed by atoms with Crippen molar-refractivity contribution in [2.75, 3.05) is 5.75 Å². The average molecular weight is 194 g/mol. The summed E-state index contributed by atoms with van der Waals surface area (Å²) in [7, 11) is 0. The molecule has 2 heterocycles. The van der Waals surface area contributed by atoms with Gasteiger partial charge in [-0.1, -0.05) is 0 Å². The highest BCUT2D eigenvalue weighted by atomic mass is 32.2. The van der Waals surface area contributed by atoms with Crippen LogP contribution >= 0.6 is 11.8 Å². The van der Waals surface area contributed by atoms with Crippen molar-refractivity contribution in [3.8, 4) is 0 Å². The van der Waals surface area contributed by atoms with E-state index in [1.54, 1.807) is 12.1 Å². The predicted molar refractivity (Wildman–Crippen MR) is 49.7 cm³/mol. The third-order valence-electron chi connectivity index (χ3n) is 1.89. The average Bonchev–Trinajstić information content (AvgIpc) is 2.48. The first-order valence-corrected chi connectivity index (χ1v) is 4.77. The first-order chi connectivity index (χ1) is 6.20. The maximum Gasteiger partial charge on any atom is 0.343 e. The molecule has 0 saturated heterocycles. The van der Waals surface area contributed by atoms with Crippen LogP contribution < -0.4 is 4.57 Å². The molecule has 0 unspecified atom stereocenters. The number of thioether (sulfide) groups is 1. The molecule has 0 radical (unpaired) electrons. The van der Waals surface area contributed by atoms with E-state index in [4.69, 9.17) is 5.11 Å². The van der Waals surface area contributed by atoms with E-state index in [1.165, 1.54) is 11.8 Å². The Morgan fingerprint density at radius 1 is 1.69 bits per heavy atom. The Morgan fingerprint density at radius 2 is 2.46 bits per heavy atom. The molecule has 1 aromatic rings. The van der Waals surface area contributed by atoms with Crippen molar-refractivity contribution in [3.05, 3.63) is 30.5 Å². The summed E-state index contributed by atoms with van der Waals surface area (Å²) in [6.07, 6.45) is 1.84. The van der Waals surface area contributed by atoms with Crippen molar-refractivity contribution in [1.29, 1.82) is 0 Å². The van der Waals surface area contributed by atoms with Gasteiger partial charge in [-0.05, 0) is 24.4 Å². The van der Waals surface area contributed by atoms with Crippen LogP contribution in [0.2, 0.25) is 0 Å². The Balaban J connectivity index is 2.63. The Labute approximate surface area is 79.7 Å². The Bertz CT molecular complexity index is 401. The van der Waals surface area contributed by atoms with Gasteiger partial charge in [0.25, 0.3) is 5.03 Å². The molecule has 0 bridgehead atoms. The van der Waals surface area contributed by atoms with Gasteiger partial charge >= 0.3 is 5.97 Å². The molecule has 0 aliphatic carbocycles. The van der Waals surface area contributed by atoms with Crippen LogP contribution in [0, 0.1) is 0 Å². The van der Waals surface area contributed by atoms with Crippen LogP contribution in [0.25, 0.3) is 5.70 Å². The number of aromatic carboxylic acids is 1. The van der Waals surface area contributed by atoms with E-state index in [2.05, 4.69) is 6.58 Å². The molecule has 1 N–H and O–H groups in total. The number of aromatic nitrogens is 1. The van der Waals surface area contributed by atoms with Crippen LogP contribution in [0.1, 0.15) is 10.4 Å². The lowest BCUT2D eigenvalue weighted by Crippen LogP contribution is -2.31. The summed E-state index contributed by atoms with van der Waals surface area (Å²) in [4.78, 5) is 10.8. The lowest BCUT2D eigenvalue weighted by atomic mass is 10.3. The van der Waals surface area contributed by atoms with E-state index >= 15 is 0 Å². The predicted octanol–water partition coefficient (Wildman–Crippen LogP) is 1.25. The lowest BCUT2D eigenvalue weighted by Gasteiger charge is -1.95. The second kappa shape index (κ2) is 2.88. The highest BCUT2D eigenvalue weighted by Crippen LogP contribution is 2.27. The fraction of sp³-hybridized carbons (Fsp3) is 0.111. The van der Waals surface area contributed by atoms with Gasteiger partial charge in [0.1, 0.15) is 5.56 Å². The molecule has 4 heteroatoms. The normalized spacial score (nSPS) is 14.3. The molecule has 1 aliphatic heterocycles. The van der Waals surface area contributed by atoms with Crippen LogP contribution in [-0.2, 0) is 0 Å². The molecule has 0 atom stereocenters. The van der Waals surface area contributed by atoms with Crippen molar-refractivity contribution < 1.29 is 14.5 Å². The fourth-order valence-corrected chi connectivity index (χ4v) is 2.36. The van der Waals surface area contributed by atoms with Crippen LogP contribution in [0.15, 0.2) is 29.9 Å². The first kappa shape index (κ1) is 8.31. The number of carboxylic acid groups (broad SMARTS) is 1. The van der Waals surface area contributed by atoms with Crippen LogP contribution in [-0.4, -0.2) is 16.8 Å². The van der Waals surface area contributed by atoms with Gasteiger partial charge in [-0.25, -0.2) is 4.79 Å². The quantitative estimate of drug-likeness (QED) is 0.684. The minimum absolute atomic E-state index is 0.353. The van der Waals surface area contributed by atoms with E-state index in [0.29, 0.717) is 5.56 Å². The molecule has 2 rings (SSSR count). The van der Waals surface area contributed by atoms with E-state index < -0.39 is 5.97 Å². The zero-order chi connectivity index (χ0) is 9.42. The lowest BCUT2D eigenvalue weighted by molar-refractivity contribution is -0.618. The van der Waals surface area contributed by atoms with E-state index in [0.717, 1.165) is 16.5 Å². The summed E-state index contributed by atoms with van der Waals surface area (Å²) in [6, 6.07) is 3.34. The molecule has 1 aliphatic rings. The minimum atomic E-state index is -0.883. The second-order valence-corrected chi connectivity index (χ2v) is 3.72. The van der Waals surface area contributed by atoms with Crippen molar-refractivity contribution >= 4 is 23.4 Å². The molecule has 66 valence electrons. The standard InChI is InChI=1S/C9H7NO2S/c1-6-5-13-8-7(9(11)12)3-2-4-10(6)8/h2-4H,1,5H2/p+1. The van der Waals surface area contributed by atoms with Gasteiger partial charge in [0.05, 0.1) is 5.75 Å². The number of pyridine rings is 1. The van der Waals surface area contributed by atoms with Crippen LogP contribution in [0.5, 0.6) is 0 Å².